The Morgan fingerprint density at radius 1 is 0.667 bits per heavy atom. The van der Waals surface area contributed by atoms with Crippen LogP contribution < -0.4 is 4.74 Å². The molecule has 0 saturated heterocycles. The maximum absolute atomic E-state index is 6.45. The number of aryl methyl sites for hydroxylation is 1. The average molecular weight is 761 g/mol. The maximum atomic E-state index is 6.45. The van der Waals surface area contributed by atoms with Crippen molar-refractivity contribution in [2.24, 2.45) is 0 Å². The molecule has 0 spiro atoms. The number of fused-ring (bicyclic) bond motifs is 9. The van der Waals surface area contributed by atoms with E-state index in [1.54, 1.807) is 6.20 Å². The van der Waals surface area contributed by atoms with Gasteiger partial charge in [-0.1, -0.05) is 77.0 Å². The predicted octanol–water partition coefficient (Wildman–Crippen LogP) is 8.89. The number of nitrogens with zero attached hydrogens (tertiary/aromatic N) is 5. The molecule has 6 nitrogen and oxygen atoms in total. The smallest absolute Gasteiger partial charge is 0.503 e. The third-order valence-electron chi connectivity index (χ3n) is 8.23. The number of benzene rings is 4. The molecule has 0 radical (unpaired) electrons. The van der Waals surface area contributed by atoms with Crippen molar-refractivity contribution in [3.05, 3.63) is 139 Å². The fourth-order valence-corrected chi connectivity index (χ4v) is 6.21. The van der Waals surface area contributed by atoms with E-state index in [1.807, 2.05) is 66.9 Å². The van der Waals surface area contributed by atoms with Gasteiger partial charge in [-0.25, -0.2) is 4.98 Å². The van der Waals surface area contributed by atoms with Crippen molar-refractivity contribution in [2.45, 2.75) is 6.92 Å². The summed E-state index contributed by atoms with van der Waals surface area (Å²) in [7, 11) is 0. The first kappa shape index (κ1) is 27.2. The zero-order chi connectivity index (χ0) is 29.2. The largest absolute Gasteiger partial charge is 2.00 e. The summed E-state index contributed by atoms with van der Waals surface area (Å²) in [4.78, 5) is 14.5. The van der Waals surface area contributed by atoms with Crippen LogP contribution in [-0.2, 0) is 21.1 Å². The third kappa shape index (κ3) is 4.33. The predicted molar refractivity (Wildman–Crippen MR) is 174 cm³/mol. The molecule has 4 aromatic carbocycles. The standard InChI is InChI=1S/C38H23N5O.Pt/c1-24-9-2-3-10-27(24)32-23-42-34-13-8-20-40-37(34)30-18-16-25(21-31(30)38(42)41-32)44-26-15-17-29-28-11-4-5-12-33(28)43(35(29)22-26)36-14-6-7-19-39-36;/h2-20,23H,1H3;/q-2;+2. The van der Waals surface area contributed by atoms with Crippen LogP contribution in [0, 0.1) is 19.1 Å². The molecule has 9 rings (SSSR count). The van der Waals surface area contributed by atoms with Crippen molar-refractivity contribution >= 4 is 49.3 Å². The first-order chi connectivity index (χ1) is 21.7. The second kappa shape index (κ2) is 10.7. The summed E-state index contributed by atoms with van der Waals surface area (Å²) in [5.41, 5.74) is 7.82. The minimum absolute atomic E-state index is 0. The topological polar surface area (TPSA) is 57.2 Å². The summed E-state index contributed by atoms with van der Waals surface area (Å²) in [5, 5.41) is 4.04. The molecular weight excluding hydrogens is 738 g/mol. The molecule has 0 aliphatic heterocycles. The molecule has 216 valence electrons. The van der Waals surface area contributed by atoms with Crippen molar-refractivity contribution in [2.75, 3.05) is 0 Å². The monoisotopic (exact) mass is 760 g/mol. The first-order valence-corrected chi connectivity index (χ1v) is 14.5. The number of aromatic nitrogens is 5. The van der Waals surface area contributed by atoms with Crippen LogP contribution in [0.25, 0.3) is 66.3 Å². The Labute approximate surface area is 272 Å². The summed E-state index contributed by atoms with van der Waals surface area (Å²) < 4.78 is 10.7. The van der Waals surface area contributed by atoms with E-state index in [-0.39, 0.29) is 21.1 Å². The van der Waals surface area contributed by atoms with Gasteiger partial charge in [-0.15, -0.1) is 23.6 Å². The van der Waals surface area contributed by atoms with Crippen molar-refractivity contribution in [3.63, 3.8) is 0 Å². The SMILES string of the molecule is Cc1ccccc1-c1cn2c3cccnc3c3ccc(Oc4[c-]c5c(cc4)c4ccccc4n5-c4ccccn4)[c-]c3c2n1.[Pt+2]. The van der Waals surface area contributed by atoms with Crippen LogP contribution >= 0.6 is 0 Å². The van der Waals surface area contributed by atoms with Gasteiger partial charge in [0.2, 0.25) is 0 Å². The van der Waals surface area contributed by atoms with Crippen LogP contribution in [0.4, 0.5) is 0 Å². The molecule has 0 bridgehead atoms. The van der Waals surface area contributed by atoms with E-state index in [9.17, 15) is 0 Å². The van der Waals surface area contributed by atoms with Gasteiger partial charge in [-0.2, -0.15) is 6.07 Å². The Morgan fingerprint density at radius 2 is 1.42 bits per heavy atom. The Hall–Kier alpha value is -5.32. The second-order valence-corrected chi connectivity index (χ2v) is 10.8. The van der Waals surface area contributed by atoms with Crippen molar-refractivity contribution in [1.82, 2.24) is 23.9 Å². The van der Waals surface area contributed by atoms with Crippen LogP contribution in [-0.4, -0.2) is 23.9 Å². The van der Waals surface area contributed by atoms with Gasteiger partial charge in [0, 0.05) is 41.2 Å². The van der Waals surface area contributed by atoms with Gasteiger partial charge in [0.15, 0.2) is 0 Å². The fraction of sp³-hybridized carbons (Fsp3) is 0.0263. The van der Waals surface area contributed by atoms with Crippen LogP contribution in [0.15, 0.2) is 122 Å². The van der Waals surface area contributed by atoms with Gasteiger partial charge in [0.25, 0.3) is 0 Å². The molecule has 0 saturated carbocycles. The number of rotatable bonds is 4. The van der Waals surface area contributed by atoms with Gasteiger partial charge in [-0.3, -0.25) is 9.97 Å². The molecule has 0 aliphatic rings. The molecule has 9 aromatic rings. The molecule has 0 amide bonds. The Bertz CT molecular complexity index is 2550. The zero-order valence-corrected chi connectivity index (χ0v) is 26.3. The first-order valence-electron chi connectivity index (χ1n) is 14.5. The molecule has 0 atom stereocenters. The Balaban J connectivity index is 0.00000300. The molecule has 0 unspecified atom stereocenters. The quantitative estimate of drug-likeness (QED) is 0.133. The molecule has 5 heterocycles. The summed E-state index contributed by atoms with van der Waals surface area (Å²) in [6.07, 6.45) is 5.71. The average Bonchev–Trinajstić information content (AvgIpc) is 3.66. The normalized spacial score (nSPS) is 11.5. The molecule has 0 N–H and O–H groups in total. The molecule has 45 heavy (non-hydrogen) atoms. The summed E-state index contributed by atoms with van der Waals surface area (Å²) in [6, 6.07) is 41.7. The fourth-order valence-electron chi connectivity index (χ4n) is 6.21. The number of para-hydroxylation sites is 1. The molecule has 0 aliphatic carbocycles. The summed E-state index contributed by atoms with van der Waals surface area (Å²) in [6.45, 7) is 2.11. The van der Waals surface area contributed by atoms with Crippen molar-refractivity contribution in [3.8, 4) is 28.6 Å². The van der Waals surface area contributed by atoms with Crippen LogP contribution in [0.3, 0.4) is 0 Å². The van der Waals surface area contributed by atoms with Gasteiger partial charge in [0.05, 0.1) is 22.4 Å². The van der Waals surface area contributed by atoms with E-state index in [0.29, 0.717) is 11.5 Å². The molecule has 0 fully saturated rings. The third-order valence-corrected chi connectivity index (χ3v) is 8.23. The van der Waals surface area contributed by atoms with Crippen molar-refractivity contribution < 1.29 is 25.8 Å². The van der Waals surface area contributed by atoms with Crippen LogP contribution in [0.2, 0.25) is 0 Å². The number of pyridine rings is 3. The van der Waals surface area contributed by atoms with Gasteiger partial charge in [-0.05, 0) is 48.2 Å². The Morgan fingerprint density at radius 3 is 2.29 bits per heavy atom. The number of imidazole rings is 1. The summed E-state index contributed by atoms with van der Waals surface area (Å²) in [5.74, 6) is 1.99. The second-order valence-electron chi connectivity index (χ2n) is 10.8. The van der Waals surface area contributed by atoms with Crippen LogP contribution in [0.1, 0.15) is 5.56 Å². The van der Waals surface area contributed by atoms with E-state index in [0.717, 1.165) is 66.3 Å². The Kier molecular flexibility index (Phi) is 6.47. The number of ether oxygens (including phenoxy) is 1. The molecular formula is C38H23N5OPt. The van der Waals surface area contributed by atoms with E-state index >= 15 is 0 Å². The molecule has 7 heteroatoms. The van der Waals surface area contributed by atoms with Crippen molar-refractivity contribution in [1.29, 1.82) is 0 Å². The zero-order valence-electron chi connectivity index (χ0n) is 24.0. The van der Waals surface area contributed by atoms with Gasteiger partial charge in [0.1, 0.15) is 5.82 Å². The molecule has 5 aromatic heterocycles. The summed E-state index contributed by atoms with van der Waals surface area (Å²) >= 11 is 0. The van der Waals surface area contributed by atoms with Gasteiger partial charge >= 0.3 is 21.1 Å². The number of hydrogen-bond acceptors (Lipinski definition) is 4. The van der Waals surface area contributed by atoms with Gasteiger partial charge < -0.3 is 13.7 Å². The van der Waals surface area contributed by atoms with E-state index < -0.39 is 0 Å². The minimum Gasteiger partial charge on any atom is -0.503 e. The van der Waals surface area contributed by atoms with Crippen LogP contribution in [0.5, 0.6) is 11.5 Å². The number of hydrogen-bond donors (Lipinski definition) is 0. The van der Waals surface area contributed by atoms with E-state index in [1.165, 1.54) is 5.56 Å². The van der Waals surface area contributed by atoms with E-state index in [4.69, 9.17) is 14.7 Å². The van der Waals surface area contributed by atoms with E-state index in [2.05, 4.69) is 81.7 Å². The minimum atomic E-state index is 0. The maximum Gasteiger partial charge on any atom is 2.00 e.